The summed E-state index contributed by atoms with van der Waals surface area (Å²) in [7, 11) is 2.18. The van der Waals surface area contributed by atoms with Crippen LogP contribution in [0.5, 0.6) is 5.75 Å². The Bertz CT molecular complexity index is 1080. The average Bonchev–Trinajstić information content (AvgIpc) is 3.33. The maximum absolute atomic E-state index is 12.7. The molecule has 2 heterocycles. The van der Waals surface area contributed by atoms with E-state index in [1.165, 1.54) is 24.8 Å². The molecule has 0 amide bonds. The summed E-state index contributed by atoms with van der Waals surface area (Å²) < 4.78 is 12.8. The van der Waals surface area contributed by atoms with Crippen molar-refractivity contribution in [3.05, 3.63) is 76.1 Å². The zero-order chi connectivity index (χ0) is 21.2. The molecule has 0 radical (unpaired) electrons. The highest BCUT2D eigenvalue weighted by Gasteiger charge is 2.29. The molecule has 2 fully saturated rings. The van der Waals surface area contributed by atoms with Crippen molar-refractivity contribution in [2.45, 2.75) is 50.5 Å². The third kappa shape index (κ3) is 4.40. The number of benzene rings is 2. The van der Waals surface area contributed by atoms with Gasteiger partial charge in [0.05, 0.1) is 5.39 Å². The normalized spacial score (nSPS) is 21.4. The summed E-state index contributed by atoms with van der Waals surface area (Å²) >= 11 is 0. The van der Waals surface area contributed by atoms with E-state index in [4.69, 9.17) is 9.15 Å². The van der Waals surface area contributed by atoms with Gasteiger partial charge in [-0.25, -0.2) is 0 Å². The fourth-order valence-electron chi connectivity index (χ4n) is 5.32. The molecule has 4 nitrogen and oxygen atoms in total. The van der Waals surface area contributed by atoms with Crippen molar-refractivity contribution in [3.63, 3.8) is 0 Å². The van der Waals surface area contributed by atoms with Crippen LogP contribution in [0.2, 0.25) is 0 Å². The molecule has 5 rings (SSSR count). The van der Waals surface area contributed by atoms with E-state index in [1.807, 2.05) is 24.3 Å². The lowest BCUT2D eigenvalue weighted by molar-refractivity contribution is 0.0777. The van der Waals surface area contributed by atoms with Crippen molar-refractivity contribution in [1.82, 2.24) is 4.90 Å². The Labute approximate surface area is 183 Å². The lowest BCUT2D eigenvalue weighted by Crippen LogP contribution is -2.36. The molecule has 2 aromatic carbocycles. The summed E-state index contributed by atoms with van der Waals surface area (Å²) in [6, 6.07) is 17.9. The zero-order valence-corrected chi connectivity index (χ0v) is 18.3. The van der Waals surface area contributed by atoms with E-state index < -0.39 is 0 Å². The predicted molar refractivity (Wildman–Crippen MR) is 124 cm³/mol. The standard InChI is InChI=1S/C27H31NO3/c1-28-15-7-12-21(18-28)27(20-10-3-2-4-11-20)30-22-13-14-23-24(29)17-25(31-26(23)16-22)19-8-5-6-9-19/h2-4,10-11,13-14,16-17,19,21,27H,5-9,12,15,18H2,1H3. The van der Waals surface area contributed by atoms with Gasteiger partial charge in [0.1, 0.15) is 23.2 Å². The summed E-state index contributed by atoms with van der Waals surface area (Å²) in [5.74, 6) is 2.40. The number of ether oxygens (including phenoxy) is 1. The molecule has 0 bridgehead atoms. The molecular weight excluding hydrogens is 386 g/mol. The van der Waals surface area contributed by atoms with Gasteiger partial charge in [0.25, 0.3) is 0 Å². The van der Waals surface area contributed by atoms with Crippen LogP contribution in [0.3, 0.4) is 0 Å². The first-order chi connectivity index (χ1) is 15.2. The number of piperidine rings is 1. The van der Waals surface area contributed by atoms with Crippen LogP contribution in [0.25, 0.3) is 11.0 Å². The third-order valence-electron chi connectivity index (χ3n) is 6.96. The second-order valence-corrected chi connectivity index (χ2v) is 9.27. The summed E-state index contributed by atoms with van der Waals surface area (Å²) in [6.45, 7) is 2.16. The van der Waals surface area contributed by atoms with Gasteiger partial charge in [-0.1, -0.05) is 43.2 Å². The van der Waals surface area contributed by atoms with Gasteiger partial charge >= 0.3 is 0 Å². The van der Waals surface area contributed by atoms with Gasteiger partial charge in [-0.3, -0.25) is 4.79 Å². The molecule has 2 aliphatic rings. The highest BCUT2D eigenvalue weighted by molar-refractivity contribution is 5.78. The fraction of sp³-hybridized carbons (Fsp3) is 0.444. The number of hydrogen-bond acceptors (Lipinski definition) is 4. The van der Waals surface area contributed by atoms with E-state index in [2.05, 4.69) is 36.2 Å². The highest BCUT2D eigenvalue weighted by Crippen LogP contribution is 2.37. The molecular formula is C27H31NO3. The number of nitrogens with zero attached hydrogens (tertiary/aromatic N) is 1. The SMILES string of the molecule is CN1CCCC(C(Oc2ccc3c(=O)cc(C4CCCC4)oc3c2)c2ccccc2)C1. The van der Waals surface area contributed by atoms with E-state index in [0.29, 0.717) is 22.8 Å². The molecule has 3 aromatic rings. The smallest absolute Gasteiger partial charge is 0.192 e. The summed E-state index contributed by atoms with van der Waals surface area (Å²) in [4.78, 5) is 15.1. The molecule has 1 saturated heterocycles. The number of hydrogen-bond donors (Lipinski definition) is 0. The predicted octanol–water partition coefficient (Wildman–Crippen LogP) is 5.91. The Balaban J connectivity index is 1.48. The van der Waals surface area contributed by atoms with Gasteiger partial charge in [0.2, 0.25) is 0 Å². The van der Waals surface area contributed by atoms with Gasteiger partial charge in [-0.2, -0.15) is 0 Å². The fourth-order valence-corrected chi connectivity index (χ4v) is 5.32. The van der Waals surface area contributed by atoms with Gasteiger partial charge in [-0.05, 0) is 57.0 Å². The molecule has 0 N–H and O–H groups in total. The molecule has 162 valence electrons. The van der Waals surface area contributed by atoms with Crippen LogP contribution in [-0.4, -0.2) is 25.0 Å². The molecule has 1 aliphatic heterocycles. The van der Waals surface area contributed by atoms with Crippen LogP contribution >= 0.6 is 0 Å². The van der Waals surface area contributed by atoms with Gasteiger partial charge in [0.15, 0.2) is 5.43 Å². The molecule has 1 aromatic heterocycles. The number of likely N-dealkylation sites (tertiary alicyclic amines) is 1. The second kappa shape index (κ2) is 8.88. The maximum Gasteiger partial charge on any atom is 0.192 e. The van der Waals surface area contributed by atoms with Crippen LogP contribution in [0.15, 0.2) is 63.8 Å². The van der Waals surface area contributed by atoms with E-state index in [1.54, 1.807) is 6.07 Å². The lowest BCUT2D eigenvalue weighted by atomic mass is 9.88. The lowest BCUT2D eigenvalue weighted by Gasteiger charge is -2.35. The minimum atomic E-state index is -0.0221. The Morgan fingerprint density at radius 3 is 2.58 bits per heavy atom. The van der Waals surface area contributed by atoms with Crippen molar-refractivity contribution >= 4 is 11.0 Å². The van der Waals surface area contributed by atoms with Crippen molar-refractivity contribution in [3.8, 4) is 5.75 Å². The van der Waals surface area contributed by atoms with Crippen LogP contribution < -0.4 is 10.2 Å². The van der Waals surface area contributed by atoms with Crippen LogP contribution in [0.1, 0.15) is 61.9 Å². The molecule has 2 atom stereocenters. The van der Waals surface area contributed by atoms with Crippen molar-refractivity contribution in [2.24, 2.45) is 5.92 Å². The molecule has 2 unspecified atom stereocenters. The quantitative estimate of drug-likeness (QED) is 0.517. The van der Waals surface area contributed by atoms with Gasteiger partial charge < -0.3 is 14.1 Å². The Morgan fingerprint density at radius 2 is 1.81 bits per heavy atom. The van der Waals surface area contributed by atoms with E-state index in [0.717, 1.165) is 43.9 Å². The minimum Gasteiger partial charge on any atom is -0.485 e. The third-order valence-corrected chi connectivity index (χ3v) is 6.96. The first kappa shape index (κ1) is 20.3. The summed E-state index contributed by atoms with van der Waals surface area (Å²) in [6.07, 6.45) is 6.95. The molecule has 1 aliphatic carbocycles. The summed E-state index contributed by atoms with van der Waals surface area (Å²) in [5.41, 5.74) is 1.88. The van der Waals surface area contributed by atoms with E-state index >= 15 is 0 Å². The van der Waals surface area contributed by atoms with Gasteiger partial charge in [-0.15, -0.1) is 0 Å². The van der Waals surface area contributed by atoms with Crippen molar-refractivity contribution in [2.75, 3.05) is 20.1 Å². The van der Waals surface area contributed by atoms with Gasteiger partial charge in [0, 0.05) is 30.5 Å². The largest absolute Gasteiger partial charge is 0.485 e. The van der Waals surface area contributed by atoms with Crippen molar-refractivity contribution in [1.29, 1.82) is 0 Å². The second-order valence-electron chi connectivity index (χ2n) is 9.27. The topological polar surface area (TPSA) is 42.7 Å². The van der Waals surface area contributed by atoms with E-state index in [-0.39, 0.29) is 11.5 Å². The first-order valence-electron chi connectivity index (χ1n) is 11.7. The van der Waals surface area contributed by atoms with Crippen LogP contribution in [0, 0.1) is 5.92 Å². The number of fused-ring (bicyclic) bond motifs is 1. The Morgan fingerprint density at radius 1 is 1.00 bits per heavy atom. The molecule has 4 heteroatoms. The van der Waals surface area contributed by atoms with E-state index in [9.17, 15) is 4.79 Å². The van der Waals surface area contributed by atoms with Crippen LogP contribution in [0.4, 0.5) is 0 Å². The number of rotatable bonds is 5. The molecule has 0 spiro atoms. The van der Waals surface area contributed by atoms with Crippen molar-refractivity contribution < 1.29 is 9.15 Å². The highest BCUT2D eigenvalue weighted by atomic mass is 16.5. The first-order valence-corrected chi connectivity index (χ1v) is 11.7. The van der Waals surface area contributed by atoms with Crippen LogP contribution in [-0.2, 0) is 0 Å². The molecule has 31 heavy (non-hydrogen) atoms. The maximum atomic E-state index is 12.7. The average molecular weight is 418 g/mol. The Hall–Kier alpha value is -2.59. The Kier molecular flexibility index (Phi) is 5.82. The monoisotopic (exact) mass is 417 g/mol. The zero-order valence-electron chi connectivity index (χ0n) is 18.3. The molecule has 1 saturated carbocycles. The minimum absolute atomic E-state index is 0.0221. The summed E-state index contributed by atoms with van der Waals surface area (Å²) in [5, 5.41) is 0.628.